The summed E-state index contributed by atoms with van der Waals surface area (Å²) < 4.78 is 5.09. The van der Waals surface area contributed by atoms with Crippen molar-refractivity contribution in [2.45, 2.75) is 26.4 Å². The molecule has 5 heteroatoms. The van der Waals surface area contributed by atoms with Gasteiger partial charge in [-0.05, 0) is 55.7 Å². The van der Waals surface area contributed by atoms with Gasteiger partial charge in [-0.15, -0.1) is 0 Å². The van der Waals surface area contributed by atoms with Crippen LogP contribution in [0.2, 0.25) is 0 Å². The molecule has 0 saturated carbocycles. The molecule has 0 aliphatic rings. The highest BCUT2D eigenvalue weighted by molar-refractivity contribution is 5.89. The van der Waals surface area contributed by atoms with Gasteiger partial charge in [0.1, 0.15) is 11.9 Å². The lowest BCUT2D eigenvalue weighted by Gasteiger charge is -2.11. The minimum absolute atomic E-state index is 0.287. The van der Waals surface area contributed by atoms with Gasteiger partial charge in [0.05, 0.1) is 6.26 Å². The third-order valence-electron chi connectivity index (χ3n) is 3.34. The number of carbonyl (C=O) groups is 1. The first kappa shape index (κ1) is 15.1. The van der Waals surface area contributed by atoms with Crippen LogP contribution in [0.4, 0.5) is 10.5 Å². The van der Waals surface area contributed by atoms with Gasteiger partial charge in [0, 0.05) is 12.2 Å². The van der Waals surface area contributed by atoms with Crippen LogP contribution >= 0.6 is 0 Å². The quantitative estimate of drug-likeness (QED) is 0.791. The third kappa shape index (κ3) is 4.36. The molecule has 1 atom stereocenters. The van der Waals surface area contributed by atoms with Crippen LogP contribution < -0.4 is 10.6 Å². The van der Waals surface area contributed by atoms with E-state index in [0.717, 1.165) is 11.3 Å². The first-order valence-corrected chi connectivity index (χ1v) is 6.90. The number of furan rings is 1. The summed E-state index contributed by atoms with van der Waals surface area (Å²) in [7, 11) is 0. The fraction of sp³-hybridized carbons (Fsp3) is 0.312. The van der Waals surface area contributed by atoms with Gasteiger partial charge in [-0.3, -0.25) is 0 Å². The maximum absolute atomic E-state index is 11.7. The van der Waals surface area contributed by atoms with Gasteiger partial charge >= 0.3 is 6.03 Å². The minimum atomic E-state index is -0.707. The second kappa shape index (κ2) is 6.95. The summed E-state index contributed by atoms with van der Waals surface area (Å²) in [6.07, 6.45) is 1.20. The molecule has 0 saturated heterocycles. The van der Waals surface area contributed by atoms with Gasteiger partial charge in [0.15, 0.2) is 0 Å². The zero-order valence-corrected chi connectivity index (χ0v) is 12.2. The first-order chi connectivity index (χ1) is 10.1. The second-order valence-corrected chi connectivity index (χ2v) is 5.00. The smallest absolute Gasteiger partial charge is 0.319 e. The van der Waals surface area contributed by atoms with Gasteiger partial charge in [0.2, 0.25) is 0 Å². The summed E-state index contributed by atoms with van der Waals surface area (Å²) in [6, 6.07) is 8.89. The van der Waals surface area contributed by atoms with E-state index in [2.05, 4.69) is 10.6 Å². The molecule has 5 nitrogen and oxygen atoms in total. The highest BCUT2D eigenvalue weighted by Crippen LogP contribution is 2.16. The first-order valence-electron chi connectivity index (χ1n) is 6.90. The van der Waals surface area contributed by atoms with Crippen LogP contribution in [-0.2, 0) is 0 Å². The van der Waals surface area contributed by atoms with Crippen LogP contribution in [0.25, 0.3) is 0 Å². The van der Waals surface area contributed by atoms with Crippen molar-refractivity contribution in [1.82, 2.24) is 5.32 Å². The average Bonchev–Trinajstić information content (AvgIpc) is 2.97. The number of amides is 2. The number of hydrogen-bond acceptors (Lipinski definition) is 3. The van der Waals surface area contributed by atoms with E-state index in [4.69, 9.17) is 4.42 Å². The van der Waals surface area contributed by atoms with Gasteiger partial charge < -0.3 is 20.2 Å². The fourth-order valence-corrected chi connectivity index (χ4v) is 1.94. The van der Waals surface area contributed by atoms with Gasteiger partial charge in [-0.2, -0.15) is 0 Å². The monoisotopic (exact) mass is 288 g/mol. The summed E-state index contributed by atoms with van der Waals surface area (Å²) in [5, 5.41) is 15.3. The zero-order valence-electron chi connectivity index (χ0n) is 12.2. The van der Waals surface area contributed by atoms with E-state index in [1.807, 2.05) is 32.0 Å². The Morgan fingerprint density at radius 1 is 1.29 bits per heavy atom. The molecule has 0 aliphatic carbocycles. The summed E-state index contributed by atoms with van der Waals surface area (Å²) >= 11 is 0. The molecule has 1 aromatic carbocycles. The second-order valence-electron chi connectivity index (χ2n) is 5.00. The van der Waals surface area contributed by atoms with Gasteiger partial charge in [-0.1, -0.05) is 6.07 Å². The Hall–Kier alpha value is -2.27. The number of hydrogen-bond donors (Lipinski definition) is 3. The number of nitrogens with one attached hydrogen (secondary N) is 2. The molecule has 0 radical (unpaired) electrons. The van der Waals surface area contributed by atoms with E-state index >= 15 is 0 Å². The molecule has 0 aliphatic heterocycles. The normalized spacial score (nSPS) is 12.0. The lowest BCUT2D eigenvalue weighted by molar-refractivity contribution is 0.140. The lowest BCUT2D eigenvalue weighted by atomic mass is 10.1. The standard InChI is InChI=1S/C16H20N2O3/c1-11-5-6-13(10-12(11)2)18-16(20)17-8-7-14(19)15-4-3-9-21-15/h3-6,9-10,14,19H,7-8H2,1-2H3,(H2,17,18,20). The summed E-state index contributed by atoms with van der Waals surface area (Å²) in [6.45, 7) is 4.38. The summed E-state index contributed by atoms with van der Waals surface area (Å²) in [5.74, 6) is 0.506. The number of aliphatic hydroxyl groups excluding tert-OH is 1. The molecule has 1 unspecified atom stereocenters. The maximum atomic E-state index is 11.7. The highest BCUT2D eigenvalue weighted by atomic mass is 16.4. The Morgan fingerprint density at radius 3 is 2.76 bits per heavy atom. The predicted octanol–water partition coefficient (Wildman–Crippen LogP) is 3.14. The van der Waals surface area contributed by atoms with Crippen LogP contribution in [0, 0.1) is 13.8 Å². The minimum Gasteiger partial charge on any atom is -0.467 e. The van der Waals surface area contributed by atoms with Crippen molar-refractivity contribution in [3.8, 4) is 0 Å². The Morgan fingerprint density at radius 2 is 2.10 bits per heavy atom. The lowest BCUT2D eigenvalue weighted by Crippen LogP contribution is -2.30. The van der Waals surface area contributed by atoms with Crippen LogP contribution in [0.15, 0.2) is 41.0 Å². The van der Waals surface area contributed by atoms with Crippen LogP contribution in [0.5, 0.6) is 0 Å². The largest absolute Gasteiger partial charge is 0.467 e. The summed E-state index contributed by atoms with van der Waals surface area (Å²) in [4.78, 5) is 11.7. The SMILES string of the molecule is Cc1ccc(NC(=O)NCCC(O)c2ccco2)cc1C. The van der Waals surface area contributed by atoms with Gasteiger partial charge in [0.25, 0.3) is 0 Å². The van der Waals surface area contributed by atoms with Crippen molar-refractivity contribution < 1.29 is 14.3 Å². The maximum Gasteiger partial charge on any atom is 0.319 e. The van der Waals surface area contributed by atoms with Crippen molar-refractivity contribution >= 4 is 11.7 Å². The molecule has 0 spiro atoms. The predicted molar refractivity (Wildman–Crippen MR) is 81.2 cm³/mol. The van der Waals surface area contributed by atoms with Crippen LogP contribution in [0.1, 0.15) is 29.4 Å². The van der Waals surface area contributed by atoms with Crippen LogP contribution in [0.3, 0.4) is 0 Å². The van der Waals surface area contributed by atoms with Crippen molar-refractivity contribution in [1.29, 1.82) is 0 Å². The van der Waals surface area contributed by atoms with Crippen LogP contribution in [-0.4, -0.2) is 17.7 Å². The fourth-order valence-electron chi connectivity index (χ4n) is 1.94. The number of carbonyl (C=O) groups excluding carboxylic acids is 1. The van der Waals surface area contributed by atoms with Gasteiger partial charge in [-0.25, -0.2) is 4.79 Å². The van der Waals surface area contributed by atoms with Crippen molar-refractivity contribution in [3.63, 3.8) is 0 Å². The molecule has 3 N–H and O–H groups in total. The van der Waals surface area contributed by atoms with Crippen molar-refractivity contribution in [2.75, 3.05) is 11.9 Å². The number of benzene rings is 1. The topological polar surface area (TPSA) is 74.5 Å². The molecular weight excluding hydrogens is 268 g/mol. The van der Waals surface area contributed by atoms with E-state index in [-0.39, 0.29) is 6.03 Å². The molecule has 0 bridgehead atoms. The van der Waals surface area contributed by atoms with Crippen molar-refractivity contribution in [3.05, 3.63) is 53.5 Å². The molecule has 112 valence electrons. The molecule has 2 rings (SSSR count). The highest BCUT2D eigenvalue weighted by Gasteiger charge is 2.10. The molecule has 2 amide bonds. The Bertz CT molecular complexity index is 594. The van der Waals surface area contributed by atoms with Crippen molar-refractivity contribution in [2.24, 2.45) is 0 Å². The number of rotatable bonds is 5. The van der Waals surface area contributed by atoms with E-state index < -0.39 is 6.10 Å². The molecule has 1 heterocycles. The molecule has 1 aromatic heterocycles. The number of aryl methyl sites for hydroxylation is 2. The van der Waals surface area contributed by atoms with E-state index in [0.29, 0.717) is 18.7 Å². The Kier molecular flexibility index (Phi) is 5.00. The Balaban J connectivity index is 1.76. The molecule has 0 fully saturated rings. The third-order valence-corrected chi connectivity index (χ3v) is 3.34. The Labute approximate surface area is 124 Å². The van der Waals surface area contributed by atoms with E-state index in [1.54, 1.807) is 12.1 Å². The molecular formula is C16H20N2O3. The van der Waals surface area contributed by atoms with E-state index in [9.17, 15) is 9.90 Å². The number of anilines is 1. The number of aliphatic hydroxyl groups is 1. The van der Waals surface area contributed by atoms with E-state index in [1.165, 1.54) is 11.8 Å². The molecule has 21 heavy (non-hydrogen) atoms. The average molecular weight is 288 g/mol. The number of urea groups is 1. The molecule has 2 aromatic rings. The zero-order chi connectivity index (χ0) is 15.2. The summed E-state index contributed by atoms with van der Waals surface area (Å²) in [5.41, 5.74) is 3.06.